The zero-order chi connectivity index (χ0) is 12.4. The lowest BCUT2D eigenvalue weighted by Gasteiger charge is -2.12. The standard InChI is InChI=1S/C12H13NO4/c1-8(15)9-2-4-10(5-3-9)13-6-11(7-14)17-12(13)16/h2-5,11,14H,6-7H2,1H3. The summed E-state index contributed by atoms with van der Waals surface area (Å²) in [5.41, 5.74) is 1.26. The Hall–Kier alpha value is -1.88. The van der Waals surface area contributed by atoms with E-state index in [4.69, 9.17) is 9.84 Å². The Morgan fingerprint density at radius 3 is 2.59 bits per heavy atom. The molecule has 0 bridgehead atoms. The number of cyclic esters (lactones) is 1. The molecule has 2 rings (SSSR count). The van der Waals surface area contributed by atoms with Crippen LogP contribution in [0.5, 0.6) is 0 Å². The van der Waals surface area contributed by atoms with Crippen LogP contribution in [-0.4, -0.2) is 36.2 Å². The zero-order valence-corrected chi connectivity index (χ0v) is 9.42. The molecule has 17 heavy (non-hydrogen) atoms. The molecule has 0 aliphatic carbocycles. The fourth-order valence-electron chi connectivity index (χ4n) is 1.70. The van der Waals surface area contributed by atoms with Gasteiger partial charge in [0.05, 0.1) is 13.2 Å². The van der Waals surface area contributed by atoms with E-state index in [2.05, 4.69) is 0 Å². The molecule has 1 N–H and O–H groups in total. The Morgan fingerprint density at radius 2 is 2.12 bits per heavy atom. The topological polar surface area (TPSA) is 66.8 Å². The number of aliphatic hydroxyl groups is 1. The summed E-state index contributed by atoms with van der Waals surface area (Å²) in [6.07, 6.45) is -0.949. The first-order valence-corrected chi connectivity index (χ1v) is 5.32. The van der Waals surface area contributed by atoms with Crippen LogP contribution in [0.15, 0.2) is 24.3 Å². The van der Waals surface area contributed by atoms with Gasteiger partial charge in [-0.3, -0.25) is 9.69 Å². The van der Waals surface area contributed by atoms with Gasteiger partial charge in [-0.15, -0.1) is 0 Å². The highest BCUT2D eigenvalue weighted by atomic mass is 16.6. The highest BCUT2D eigenvalue weighted by Gasteiger charge is 2.31. The van der Waals surface area contributed by atoms with Crippen LogP contribution in [0.4, 0.5) is 10.5 Å². The Morgan fingerprint density at radius 1 is 1.47 bits per heavy atom. The van der Waals surface area contributed by atoms with Crippen LogP contribution in [0.3, 0.4) is 0 Å². The number of carbonyl (C=O) groups is 2. The van der Waals surface area contributed by atoms with E-state index < -0.39 is 12.2 Å². The first kappa shape index (κ1) is 11.6. The van der Waals surface area contributed by atoms with Gasteiger partial charge in [-0.2, -0.15) is 0 Å². The van der Waals surface area contributed by atoms with Crippen molar-refractivity contribution in [3.63, 3.8) is 0 Å². The Bertz CT molecular complexity index is 440. The number of nitrogens with zero attached hydrogens (tertiary/aromatic N) is 1. The summed E-state index contributed by atoms with van der Waals surface area (Å²) in [6, 6.07) is 6.71. The van der Waals surface area contributed by atoms with Crippen LogP contribution in [0.1, 0.15) is 17.3 Å². The number of rotatable bonds is 3. The van der Waals surface area contributed by atoms with Crippen molar-refractivity contribution in [2.45, 2.75) is 13.0 Å². The third kappa shape index (κ3) is 2.29. The summed E-state index contributed by atoms with van der Waals surface area (Å²) in [4.78, 5) is 24.0. The van der Waals surface area contributed by atoms with E-state index in [0.717, 1.165) is 0 Å². The molecule has 1 unspecified atom stereocenters. The number of ether oxygens (including phenoxy) is 1. The number of benzene rings is 1. The quantitative estimate of drug-likeness (QED) is 0.799. The highest BCUT2D eigenvalue weighted by Crippen LogP contribution is 2.21. The first-order valence-electron chi connectivity index (χ1n) is 5.32. The number of hydrogen-bond acceptors (Lipinski definition) is 4. The highest BCUT2D eigenvalue weighted by molar-refractivity contribution is 5.95. The van der Waals surface area contributed by atoms with Crippen LogP contribution < -0.4 is 4.90 Å². The van der Waals surface area contributed by atoms with Crippen LogP contribution in [0.2, 0.25) is 0 Å². The lowest BCUT2D eigenvalue weighted by molar-refractivity contribution is 0.0963. The molecule has 1 aliphatic heterocycles. The summed E-state index contributed by atoms with van der Waals surface area (Å²) in [5.74, 6) is -0.0196. The lowest BCUT2D eigenvalue weighted by Crippen LogP contribution is -2.25. The van der Waals surface area contributed by atoms with E-state index in [0.29, 0.717) is 17.8 Å². The minimum atomic E-state index is -0.477. The second-order valence-corrected chi connectivity index (χ2v) is 3.90. The number of hydrogen-bond donors (Lipinski definition) is 1. The van der Waals surface area contributed by atoms with E-state index in [1.807, 2.05) is 0 Å². The van der Waals surface area contributed by atoms with Crippen LogP contribution in [-0.2, 0) is 4.74 Å². The molecular weight excluding hydrogens is 222 g/mol. The SMILES string of the molecule is CC(=O)c1ccc(N2CC(CO)OC2=O)cc1. The second kappa shape index (κ2) is 4.55. The molecule has 0 aromatic heterocycles. The van der Waals surface area contributed by atoms with Gasteiger partial charge in [0.25, 0.3) is 0 Å². The maximum absolute atomic E-state index is 11.5. The van der Waals surface area contributed by atoms with Crippen LogP contribution in [0.25, 0.3) is 0 Å². The Balaban J connectivity index is 2.18. The van der Waals surface area contributed by atoms with Gasteiger partial charge in [-0.25, -0.2) is 4.79 Å². The van der Waals surface area contributed by atoms with Crippen molar-refractivity contribution in [2.24, 2.45) is 0 Å². The van der Waals surface area contributed by atoms with Gasteiger partial charge in [-0.1, -0.05) is 0 Å². The molecule has 1 aromatic rings. The largest absolute Gasteiger partial charge is 0.441 e. The van der Waals surface area contributed by atoms with Crippen molar-refractivity contribution < 1.29 is 19.4 Å². The third-order valence-electron chi connectivity index (χ3n) is 2.66. The van der Waals surface area contributed by atoms with Gasteiger partial charge in [0.2, 0.25) is 0 Å². The molecular formula is C12H13NO4. The number of carbonyl (C=O) groups excluding carboxylic acids is 2. The molecule has 5 nitrogen and oxygen atoms in total. The number of ketones is 1. The molecule has 1 fully saturated rings. The predicted molar refractivity (Wildman–Crippen MR) is 61.1 cm³/mol. The Labute approximate surface area is 98.6 Å². The predicted octanol–water partition coefficient (Wildman–Crippen LogP) is 1.21. The van der Waals surface area contributed by atoms with Crippen molar-refractivity contribution >= 4 is 17.6 Å². The average molecular weight is 235 g/mol. The second-order valence-electron chi connectivity index (χ2n) is 3.90. The molecule has 1 heterocycles. The van der Waals surface area contributed by atoms with E-state index in [1.54, 1.807) is 24.3 Å². The molecule has 1 amide bonds. The summed E-state index contributed by atoms with van der Waals surface area (Å²) >= 11 is 0. The minimum absolute atomic E-state index is 0.0196. The van der Waals surface area contributed by atoms with Gasteiger partial charge >= 0.3 is 6.09 Å². The summed E-state index contributed by atoms with van der Waals surface area (Å²) in [7, 11) is 0. The Kier molecular flexibility index (Phi) is 3.10. The summed E-state index contributed by atoms with van der Waals surface area (Å²) in [6.45, 7) is 1.63. The average Bonchev–Trinajstić information content (AvgIpc) is 2.71. The van der Waals surface area contributed by atoms with Crippen LogP contribution >= 0.6 is 0 Å². The molecule has 1 saturated heterocycles. The smallest absolute Gasteiger partial charge is 0.414 e. The lowest BCUT2D eigenvalue weighted by atomic mass is 10.1. The number of aliphatic hydroxyl groups excluding tert-OH is 1. The van der Waals surface area contributed by atoms with E-state index in [1.165, 1.54) is 11.8 Å². The van der Waals surface area contributed by atoms with Crippen molar-refractivity contribution in [3.05, 3.63) is 29.8 Å². The zero-order valence-electron chi connectivity index (χ0n) is 9.42. The number of anilines is 1. The monoisotopic (exact) mass is 235 g/mol. The van der Waals surface area contributed by atoms with E-state index >= 15 is 0 Å². The van der Waals surface area contributed by atoms with Crippen molar-refractivity contribution in [2.75, 3.05) is 18.1 Å². The molecule has 1 aliphatic rings. The molecule has 1 aromatic carbocycles. The van der Waals surface area contributed by atoms with E-state index in [-0.39, 0.29) is 12.4 Å². The fourth-order valence-corrected chi connectivity index (χ4v) is 1.70. The maximum Gasteiger partial charge on any atom is 0.414 e. The van der Waals surface area contributed by atoms with E-state index in [9.17, 15) is 9.59 Å². The minimum Gasteiger partial charge on any atom is -0.441 e. The molecule has 0 saturated carbocycles. The van der Waals surface area contributed by atoms with Gasteiger partial charge in [-0.05, 0) is 31.2 Å². The van der Waals surface area contributed by atoms with Crippen LogP contribution in [0, 0.1) is 0 Å². The third-order valence-corrected chi connectivity index (χ3v) is 2.66. The number of Topliss-reactive ketones (excluding diaryl/α,β-unsaturated/α-hetero) is 1. The van der Waals surface area contributed by atoms with Crippen molar-refractivity contribution in [1.29, 1.82) is 0 Å². The summed E-state index contributed by atoms with van der Waals surface area (Å²) < 4.78 is 4.93. The number of amides is 1. The normalized spacial score (nSPS) is 19.3. The molecule has 90 valence electrons. The fraction of sp³-hybridized carbons (Fsp3) is 0.333. The van der Waals surface area contributed by atoms with Gasteiger partial charge in [0.1, 0.15) is 6.10 Å². The van der Waals surface area contributed by atoms with Gasteiger partial charge in [0, 0.05) is 11.3 Å². The molecule has 0 spiro atoms. The molecule has 0 radical (unpaired) electrons. The first-order chi connectivity index (χ1) is 8.11. The maximum atomic E-state index is 11.5. The summed E-state index contributed by atoms with van der Waals surface area (Å²) in [5, 5.41) is 8.92. The van der Waals surface area contributed by atoms with Gasteiger partial charge < -0.3 is 9.84 Å². The van der Waals surface area contributed by atoms with Gasteiger partial charge in [0.15, 0.2) is 5.78 Å². The molecule has 1 atom stereocenters. The van der Waals surface area contributed by atoms with Crippen molar-refractivity contribution in [3.8, 4) is 0 Å². The molecule has 5 heteroatoms. The van der Waals surface area contributed by atoms with Crippen molar-refractivity contribution in [1.82, 2.24) is 0 Å².